The van der Waals surface area contributed by atoms with Crippen molar-refractivity contribution in [2.45, 2.75) is 37.6 Å². The van der Waals surface area contributed by atoms with Gasteiger partial charge in [0.25, 0.3) is 5.92 Å². The second kappa shape index (κ2) is 8.37. The Kier molecular flexibility index (Phi) is 6.43. The molecule has 10 heteroatoms. The third-order valence-electron chi connectivity index (χ3n) is 4.10. The average Bonchev–Trinajstić information content (AvgIpc) is 2.88. The predicted molar refractivity (Wildman–Crippen MR) is 95.4 cm³/mol. The van der Waals surface area contributed by atoms with Gasteiger partial charge in [0.05, 0.1) is 6.10 Å². The SMILES string of the molecule is C/N=C\C=C(/NC)C(C)NC[C@@H]1CC(F)(F)[C@H](n2ccc(N)nc2=O)O1. The van der Waals surface area contributed by atoms with E-state index in [9.17, 15) is 13.6 Å². The number of anilines is 1. The number of hydrogen-bond donors (Lipinski definition) is 3. The van der Waals surface area contributed by atoms with Crippen LogP contribution in [0.1, 0.15) is 19.6 Å². The highest BCUT2D eigenvalue weighted by Crippen LogP contribution is 2.41. The van der Waals surface area contributed by atoms with E-state index < -0.39 is 30.4 Å². The van der Waals surface area contributed by atoms with Gasteiger partial charge in [0.2, 0.25) is 6.23 Å². The molecule has 2 rings (SSSR count). The number of hydrogen-bond acceptors (Lipinski definition) is 7. The van der Waals surface area contributed by atoms with Gasteiger partial charge in [0.1, 0.15) is 5.82 Å². The zero-order valence-electron chi connectivity index (χ0n) is 14.9. The topological polar surface area (TPSA) is 107 Å². The van der Waals surface area contributed by atoms with Crippen LogP contribution < -0.4 is 22.1 Å². The predicted octanol–water partition coefficient (Wildman–Crippen LogP) is 0.530. The van der Waals surface area contributed by atoms with Gasteiger partial charge in [-0.1, -0.05) is 0 Å². The number of ether oxygens (including phenoxy) is 1. The van der Waals surface area contributed by atoms with Crippen LogP contribution in [0, 0.1) is 0 Å². The Morgan fingerprint density at radius 2 is 2.38 bits per heavy atom. The molecule has 1 aliphatic rings. The molecule has 26 heavy (non-hydrogen) atoms. The summed E-state index contributed by atoms with van der Waals surface area (Å²) >= 11 is 0. The van der Waals surface area contributed by atoms with Gasteiger partial charge in [0.15, 0.2) is 0 Å². The van der Waals surface area contributed by atoms with Crippen LogP contribution in [-0.2, 0) is 4.74 Å². The maximum atomic E-state index is 14.3. The Morgan fingerprint density at radius 3 is 3.00 bits per heavy atom. The van der Waals surface area contributed by atoms with Gasteiger partial charge in [-0.2, -0.15) is 4.98 Å². The fourth-order valence-electron chi connectivity index (χ4n) is 2.75. The zero-order chi connectivity index (χ0) is 19.3. The highest BCUT2D eigenvalue weighted by molar-refractivity contribution is 5.72. The number of halogens is 2. The standard InChI is InChI=1S/C16H24F2N6O2/c1-10(12(21-3)4-6-20-2)22-9-11-8-16(17,18)14(26-11)24-7-5-13(19)23-15(24)25/h4-7,10-11,14,21-22H,8-9H2,1-3H3,(H2,19,23,25)/b12-4-,20-6-/t10?,11-,14+/m0/s1. The number of aromatic nitrogens is 2. The van der Waals surface area contributed by atoms with Crippen molar-refractivity contribution in [1.82, 2.24) is 20.2 Å². The van der Waals surface area contributed by atoms with Crippen molar-refractivity contribution in [3.63, 3.8) is 0 Å². The minimum atomic E-state index is -3.19. The minimum Gasteiger partial charge on any atom is -0.390 e. The molecule has 0 radical (unpaired) electrons. The third-order valence-corrected chi connectivity index (χ3v) is 4.10. The Morgan fingerprint density at radius 1 is 1.65 bits per heavy atom. The van der Waals surface area contributed by atoms with Gasteiger partial charge >= 0.3 is 5.69 Å². The molecule has 1 aliphatic heterocycles. The summed E-state index contributed by atoms with van der Waals surface area (Å²) in [5.41, 5.74) is 5.39. The lowest BCUT2D eigenvalue weighted by Gasteiger charge is -2.20. The van der Waals surface area contributed by atoms with Crippen LogP contribution in [0.4, 0.5) is 14.6 Å². The molecule has 0 saturated carbocycles. The molecule has 1 fully saturated rings. The molecule has 144 valence electrons. The zero-order valence-corrected chi connectivity index (χ0v) is 14.9. The van der Waals surface area contributed by atoms with Crippen molar-refractivity contribution in [2.75, 3.05) is 26.4 Å². The number of nitrogens with zero attached hydrogens (tertiary/aromatic N) is 3. The monoisotopic (exact) mass is 370 g/mol. The molecule has 1 saturated heterocycles. The molecule has 0 spiro atoms. The van der Waals surface area contributed by atoms with Crippen LogP contribution in [0.25, 0.3) is 0 Å². The number of nitrogen functional groups attached to an aromatic ring is 1. The summed E-state index contributed by atoms with van der Waals surface area (Å²) in [6, 6.07) is 1.17. The van der Waals surface area contributed by atoms with Crippen molar-refractivity contribution in [1.29, 1.82) is 0 Å². The van der Waals surface area contributed by atoms with Crippen LogP contribution in [0.3, 0.4) is 0 Å². The van der Waals surface area contributed by atoms with Crippen LogP contribution in [-0.4, -0.2) is 54.5 Å². The first-order chi connectivity index (χ1) is 12.3. The van der Waals surface area contributed by atoms with E-state index in [1.165, 1.54) is 12.3 Å². The van der Waals surface area contributed by atoms with E-state index in [1.807, 2.05) is 6.92 Å². The normalized spacial score (nSPS) is 24.1. The molecule has 4 N–H and O–H groups in total. The molecule has 3 atom stereocenters. The maximum Gasteiger partial charge on any atom is 0.351 e. The van der Waals surface area contributed by atoms with Crippen molar-refractivity contribution < 1.29 is 13.5 Å². The molecule has 0 aliphatic carbocycles. The summed E-state index contributed by atoms with van der Waals surface area (Å²) in [5, 5.41) is 6.17. The Bertz CT molecular complexity index is 734. The molecule has 1 aromatic rings. The number of aliphatic imine (C=N–C) groups is 1. The van der Waals surface area contributed by atoms with Crippen LogP contribution in [0.2, 0.25) is 0 Å². The van der Waals surface area contributed by atoms with Crippen molar-refractivity contribution >= 4 is 12.0 Å². The van der Waals surface area contributed by atoms with E-state index in [-0.39, 0.29) is 18.4 Å². The molecule has 0 bridgehead atoms. The van der Waals surface area contributed by atoms with E-state index in [0.29, 0.717) is 0 Å². The van der Waals surface area contributed by atoms with Gasteiger partial charge in [0, 0.05) is 51.2 Å². The fraction of sp³-hybridized carbons (Fsp3) is 0.562. The van der Waals surface area contributed by atoms with Crippen molar-refractivity contribution in [2.24, 2.45) is 4.99 Å². The summed E-state index contributed by atoms with van der Waals surface area (Å²) in [7, 11) is 3.43. The highest BCUT2D eigenvalue weighted by atomic mass is 19.3. The van der Waals surface area contributed by atoms with Crippen molar-refractivity contribution in [3.05, 3.63) is 34.5 Å². The summed E-state index contributed by atoms with van der Waals surface area (Å²) < 4.78 is 34.9. The first-order valence-electron chi connectivity index (χ1n) is 8.20. The molecule has 2 heterocycles. The second-order valence-corrected chi connectivity index (χ2v) is 6.03. The third kappa shape index (κ3) is 4.64. The number of allylic oxidation sites excluding steroid dienone is 1. The Balaban J connectivity index is 2.04. The molecular weight excluding hydrogens is 346 g/mol. The van der Waals surface area contributed by atoms with Gasteiger partial charge in [-0.25, -0.2) is 13.6 Å². The number of alkyl halides is 2. The quantitative estimate of drug-likeness (QED) is 0.605. The van der Waals surface area contributed by atoms with E-state index >= 15 is 0 Å². The Hall–Kier alpha value is -2.33. The van der Waals surface area contributed by atoms with Crippen LogP contribution >= 0.6 is 0 Å². The van der Waals surface area contributed by atoms with Crippen LogP contribution in [0.5, 0.6) is 0 Å². The fourth-order valence-corrected chi connectivity index (χ4v) is 2.75. The molecular formula is C16H24F2N6O2. The molecule has 0 amide bonds. The summed E-state index contributed by atoms with van der Waals surface area (Å²) in [4.78, 5) is 19.2. The smallest absolute Gasteiger partial charge is 0.351 e. The minimum absolute atomic E-state index is 0.0263. The molecule has 0 aromatic carbocycles. The summed E-state index contributed by atoms with van der Waals surface area (Å²) in [5.74, 6) is -3.21. The van der Waals surface area contributed by atoms with Gasteiger partial charge in [-0.05, 0) is 19.1 Å². The van der Waals surface area contributed by atoms with Gasteiger partial charge < -0.3 is 21.1 Å². The lowest BCUT2D eigenvalue weighted by atomic mass is 10.1. The van der Waals surface area contributed by atoms with E-state index in [0.717, 1.165) is 10.3 Å². The van der Waals surface area contributed by atoms with E-state index in [2.05, 4.69) is 20.6 Å². The number of rotatable bonds is 7. The number of likely N-dealkylation sites (N-methyl/N-ethyl adjacent to an activating group) is 1. The number of nitrogens with one attached hydrogen (secondary N) is 2. The Labute approximate surface area is 150 Å². The molecule has 1 aromatic heterocycles. The first kappa shape index (κ1) is 20.0. The maximum absolute atomic E-state index is 14.3. The van der Waals surface area contributed by atoms with Gasteiger partial charge in [-0.3, -0.25) is 9.56 Å². The average molecular weight is 370 g/mol. The van der Waals surface area contributed by atoms with Crippen molar-refractivity contribution in [3.8, 4) is 0 Å². The van der Waals surface area contributed by atoms with Crippen LogP contribution in [0.15, 0.2) is 33.8 Å². The second-order valence-electron chi connectivity index (χ2n) is 6.03. The molecule has 8 nitrogen and oxygen atoms in total. The summed E-state index contributed by atoms with van der Waals surface area (Å²) in [6.45, 7) is 2.09. The van der Waals surface area contributed by atoms with Gasteiger partial charge in [-0.15, -0.1) is 0 Å². The lowest BCUT2D eigenvalue weighted by Crippen LogP contribution is -2.38. The lowest BCUT2D eigenvalue weighted by molar-refractivity contribution is -0.116. The first-order valence-corrected chi connectivity index (χ1v) is 8.20. The largest absolute Gasteiger partial charge is 0.390 e. The summed E-state index contributed by atoms with van der Waals surface area (Å²) in [6.07, 6.45) is 1.67. The highest BCUT2D eigenvalue weighted by Gasteiger charge is 2.51. The van der Waals surface area contributed by atoms with E-state index in [1.54, 1.807) is 26.4 Å². The van der Waals surface area contributed by atoms with E-state index in [4.69, 9.17) is 10.5 Å². The number of nitrogens with two attached hydrogens (primary N) is 1. The molecule has 1 unspecified atom stereocenters.